The van der Waals surface area contributed by atoms with Crippen LogP contribution in [0.2, 0.25) is 0 Å². The van der Waals surface area contributed by atoms with E-state index in [0.717, 1.165) is 59.4 Å². The minimum absolute atomic E-state index is 0.0972. The first-order valence-electron chi connectivity index (χ1n) is 12.7. The molecule has 0 aromatic carbocycles. The van der Waals surface area contributed by atoms with E-state index in [2.05, 4.69) is 11.7 Å². The Morgan fingerprint density at radius 2 is 2.11 bits per heavy atom. The second-order valence-corrected chi connectivity index (χ2v) is 10.6. The predicted molar refractivity (Wildman–Crippen MR) is 142 cm³/mol. The molecule has 0 aliphatic carbocycles. The number of amides is 1. The van der Waals surface area contributed by atoms with E-state index >= 15 is 0 Å². The molecule has 1 fully saturated rings. The lowest BCUT2D eigenvalue weighted by Crippen LogP contribution is -2.42. The molecule has 10 heteroatoms. The molecule has 4 rings (SSSR count). The van der Waals surface area contributed by atoms with Crippen molar-refractivity contribution in [2.75, 3.05) is 20.3 Å². The van der Waals surface area contributed by atoms with Crippen molar-refractivity contribution in [3.63, 3.8) is 0 Å². The van der Waals surface area contributed by atoms with Gasteiger partial charge < -0.3 is 19.1 Å². The van der Waals surface area contributed by atoms with E-state index in [1.807, 2.05) is 58.6 Å². The Kier molecular flexibility index (Phi) is 7.59. The summed E-state index contributed by atoms with van der Waals surface area (Å²) < 4.78 is 21.3. The highest BCUT2D eigenvalue weighted by molar-refractivity contribution is 5.90. The van der Waals surface area contributed by atoms with E-state index in [4.69, 9.17) is 24.3 Å². The number of rotatable bonds is 7. The largest absolute Gasteiger partial charge is 0.475 e. The molecule has 0 spiro atoms. The molecule has 1 unspecified atom stereocenters. The molecule has 0 N–H and O–H groups in total. The van der Waals surface area contributed by atoms with Gasteiger partial charge in [0, 0.05) is 26.1 Å². The van der Waals surface area contributed by atoms with Gasteiger partial charge in [-0.15, -0.1) is 0 Å². The fourth-order valence-corrected chi connectivity index (χ4v) is 4.41. The number of hydrogen-bond acceptors (Lipinski definition) is 7. The molecule has 1 aliphatic rings. The van der Waals surface area contributed by atoms with E-state index < -0.39 is 11.7 Å². The lowest BCUT2D eigenvalue weighted by molar-refractivity contribution is -0.0367. The number of carbonyl (C=O) groups excluding carboxylic acids is 1. The van der Waals surface area contributed by atoms with Crippen molar-refractivity contribution in [3.8, 4) is 17.1 Å². The lowest BCUT2D eigenvalue weighted by atomic mass is 10.1. The van der Waals surface area contributed by atoms with Gasteiger partial charge in [-0.2, -0.15) is 10.2 Å². The highest BCUT2D eigenvalue weighted by Crippen LogP contribution is 2.35. The fraction of sp³-hybridized carbons (Fsp3) is 0.556. The van der Waals surface area contributed by atoms with Crippen LogP contribution in [0.3, 0.4) is 0 Å². The van der Waals surface area contributed by atoms with Crippen LogP contribution >= 0.6 is 0 Å². The molecule has 200 valence electrons. The third-order valence-corrected chi connectivity index (χ3v) is 6.47. The summed E-state index contributed by atoms with van der Waals surface area (Å²) in [4.78, 5) is 18.8. The van der Waals surface area contributed by atoms with Gasteiger partial charge in [-0.25, -0.2) is 14.2 Å². The normalized spacial score (nSPS) is 17.0. The Balaban J connectivity index is 1.61. The molecule has 10 nitrogen and oxygen atoms in total. The van der Waals surface area contributed by atoms with E-state index in [1.165, 1.54) is 4.90 Å². The second-order valence-electron chi connectivity index (χ2n) is 10.6. The highest BCUT2D eigenvalue weighted by atomic mass is 16.6. The number of nitrogens with zero attached hydrogens (tertiary/aromatic N) is 6. The molecular weight excluding hydrogens is 472 g/mol. The lowest BCUT2D eigenvalue weighted by Gasteiger charge is -2.28. The van der Waals surface area contributed by atoms with Crippen LogP contribution in [0.4, 0.5) is 4.79 Å². The highest BCUT2D eigenvalue weighted by Gasteiger charge is 2.26. The summed E-state index contributed by atoms with van der Waals surface area (Å²) in [5.74, 6) is 0.581. The van der Waals surface area contributed by atoms with Gasteiger partial charge in [-0.05, 0) is 66.0 Å². The molecule has 1 aliphatic heterocycles. The number of ether oxygens (including phenoxy) is 3. The number of hydrogen-bond donors (Lipinski definition) is 0. The Morgan fingerprint density at radius 3 is 2.76 bits per heavy atom. The Bertz CT molecular complexity index is 1280. The van der Waals surface area contributed by atoms with Crippen LogP contribution < -0.4 is 4.74 Å². The zero-order valence-electron chi connectivity index (χ0n) is 22.9. The first kappa shape index (κ1) is 26.7. The molecule has 0 bridgehead atoms. The minimum Gasteiger partial charge on any atom is -0.475 e. The molecule has 0 radical (unpaired) electrons. The summed E-state index contributed by atoms with van der Waals surface area (Å²) in [6.07, 6.45) is 6.20. The Hall–Kier alpha value is -3.40. The smallest absolute Gasteiger partial charge is 0.410 e. The van der Waals surface area contributed by atoms with Gasteiger partial charge in [0.15, 0.2) is 6.23 Å². The number of pyridine rings is 1. The maximum atomic E-state index is 12.5. The van der Waals surface area contributed by atoms with Crippen molar-refractivity contribution in [3.05, 3.63) is 30.2 Å². The summed E-state index contributed by atoms with van der Waals surface area (Å²) in [5.41, 5.74) is 3.44. The van der Waals surface area contributed by atoms with Gasteiger partial charge in [0.05, 0.1) is 40.4 Å². The van der Waals surface area contributed by atoms with Gasteiger partial charge in [0.2, 0.25) is 5.88 Å². The van der Waals surface area contributed by atoms with Gasteiger partial charge in [-0.1, -0.05) is 6.58 Å². The molecule has 1 amide bonds. The fourth-order valence-electron chi connectivity index (χ4n) is 4.41. The van der Waals surface area contributed by atoms with E-state index in [0.29, 0.717) is 5.88 Å². The molecule has 4 heterocycles. The number of carbonyl (C=O) groups is 1. The number of aryl methyl sites for hydroxylation is 2. The average molecular weight is 511 g/mol. The van der Waals surface area contributed by atoms with Crippen LogP contribution in [0.15, 0.2) is 18.8 Å². The van der Waals surface area contributed by atoms with Crippen LogP contribution in [-0.2, 0) is 16.5 Å². The summed E-state index contributed by atoms with van der Waals surface area (Å²) in [7, 11) is 3.54. The number of likely N-dealkylation sites (N-methyl/N-ethyl adjacent to an activating group) is 1. The maximum absolute atomic E-state index is 12.5. The van der Waals surface area contributed by atoms with Crippen LogP contribution in [0.5, 0.6) is 5.88 Å². The quantitative estimate of drug-likeness (QED) is 0.435. The third-order valence-electron chi connectivity index (χ3n) is 6.47. The topological polar surface area (TPSA) is 96.5 Å². The first-order valence-corrected chi connectivity index (χ1v) is 12.7. The Labute approximate surface area is 218 Å². The van der Waals surface area contributed by atoms with Crippen LogP contribution in [0.1, 0.15) is 64.6 Å². The average Bonchev–Trinajstić information content (AvgIpc) is 3.36. The van der Waals surface area contributed by atoms with Gasteiger partial charge >= 0.3 is 6.09 Å². The van der Waals surface area contributed by atoms with Gasteiger partial charge in [0.1, 0.15) is 12.2 Å². The standard InChI is InChI=1S/C27H38N6O4/c1-9-20-19-14-21(28-15-22(19)33(30-20)23-12-10-11-13-35-23)24-18(3)29-32(8)25(24)36-16-17(2)31(7)26(34)37-27(4,5)6/h9,14-15,17,23H,1,10-13,16H2,2-8H3/t17-,23?/m0/s1. The minimum atomic E-state index is -0.566. The van der Waals surface area contributed by atoms with Crippen molar-refractivity contribution in [2.24, 2.45) is 7.05 Å². The summed E-state index contributed by atoms with van der Waals surface area (Å²) in [6.45, 7) is 14.3. The van der Waals surface area contributed by atoms with Crippen molar-refractivity contribution < 1.29 is 19.0 Å². The maximum Gasteiger partial charge on any atom is 0.410 e. The molecule has 0 saturated carbocycles. The number of aromatic nitrogens is 5. The van der Waals surface area contributed by atoms with Crippen molar-refractivity contribution in [1.82, 2.24) is 29.4 Å². The molecule has 2 atom stereocenters. The molecule has 3 aromatic heterocycles. The summed E-state index contributed by atoms with van der Waals surface area (Å²) in [6, 6.07) is 1.78. The molecular formula is C27H38N6O4. The van der Waals surface area contributed by atoms with Gasteiger partial charge in [0.25, 0.3) is 0 Å². The Morgan fingerprint density at radius 1 is 1.35 bits per heavy atom. The van der Waals surface area contributed by atoms with Gasteiger partial charge in [-0.3, -0.25) is 4.98 Å². The van der Waals surface area contributed by atoms with E-state index in [1.54, 1.807) is 17.8 Å². The summed E-state index contributed by atoms with van der Waals surface area (Å²) >= 11 is 0. The second kappa shape index (κ2) is 10.5. The molecule has 3 aromatic rings. The van der Waals surface area contributed by atoms with E-state index in [9.17, 15) is 4.79 Å². The van der Waals surface area contributed by atoms with Crippen LogP contribution in [-0.4, -0.2) is 67.4 Å². The van der Waals surface area contributed by atoms with Crippen molar-refractivity contribution >= 4 is 23.1 Å². The zero-order valence-corrected chi connectivity index (χ0v) is 22.9. The monoisotopic (exact) mass is 510 g/mol. The zero-order chi connectivity index (χ0) is 26.9. The van der Waals surface area contributed by atoms with E-state index in [-0.39, 0.29) is 18.9 Å². The third kappa shape index (κ3) is 5.64. The van der Waals surface area contributed by atoms with Crippen molar-refractivity contribution in [1.29, 1.82) is 0 Å². The molecule has 1 saturated heterocycles. The number of fused-ring (bicyclic) bond motifs is 1. The summed E-state index contributed by atoms with van der Waals surface area (Å²) in [5, 5.41) is 10.3. The molecule has 37 heavy (non-hydrogen) atoms. The predicted octanol–water partition coefficient (Wildman–Crippen LogP) is 5.12. The SMILES string of the molecule is C=Cc1nn(C2CCCCO2)c2cnc(-c3c(C)nn(C)c3OC[C@H](C)N(C)C(=O)OC(C)(C)C)cc12. The van der Waals surface area contributed by atoms with Crippen molar-refractivity contribution in [2.45, 2.75) is 71.8 Å². The van der Waals surface area contributed by atoms with Crippen LogP contribution in [0.25, 0.3) is 28.2 Å². The first-order chi connectivity index (χ1) is 17.5. The van der Waals surface area contributed by atoms with Crippen LogP contribution in [0, 0.1) is 6.92 Å².